The summed E-state index contributed by atoms with van der Waals surface area (Å²) in [5.41, 5.74) is 5.59. The zero-order valence-corrected chi connectivity index (χ0v) is 7.29. The van der Waals surface area contributed by atoms with E-state index in [4.69, 9.17) is 5.73 Å². The molecule has 2 rings (SSSR count). The Labute approximate surface area is 76.5 Å². The number of nitrogens with one attached hydrogen (secondary N) is 2. The van der Waals surface area contributed by atoms with Crippen molar-refractivity contribution in [1.82, 2.24) is 4.98 Å². The standard InChI is InChI=1S/C9H13N3O/c10-7-4-6(5-7)9(13)12-8-2-1-3-11-8/h1-3,6-7,11H,4-5,10H2,(H,12,13). The molecule has 0 bridgehead atoms. The highest BCUT2D eigenvalue weighted by Gasteiger charge is 2.31. The van der Waals surface area contributed by atoms with E-state index in [2.05, 4.69) is 10.3 Å². The lowest BCUT2D eigenvalue weighted by Gasteiger charge is -2.30. The summed E-state index contributed by atoms with van der Waals surface area (Å²) in [7, 11) is 0. The third kappa shape index (κ3) is 1.72. The average molecular weight is 179 g/mol. The minimum atomic E-state index is 0.0733. The van der Waals surface area contributed by atoms with Crippen LogP contribution in [0.3, 0.4) is 0 Å². The van der Waals surface area contributed by atoms with E-state index < -0.39 is 0 Å². The predicted octanol–water partition coefficient (Wildman–Crippen LogP) is 0.690. The zero-order valence-electron chi connectivity index (χ0n) is 7.29. The first-order valence-electron chi connectivity index (χ1n) is 4.45. The van der Waals surface area contributed by atoms with Gasteiger partial charge in [0.05, 0.1) is 0 Å². The van der Waals surface area contributed by atoms with E-state index in [1.54, 1.807) is 6.20 Å². The first-order chi connectivity index (χ1) is 6.25. The molecule has 1 aliphatic carbocycles. The summed E-state index contributed by atoms with van der Waals surface area (Å²) >= 11 is 0. The number of H-pyrrole nitrogens is 1. The van der Waals surface area contributed by atoms with E-state index in [1.165, 1.54) is 0 Å². The molecule has 1 saturated carbocycles. The monoisotopic (exact) mass is 179 g/mol. The molecular formula is C9H13N3O. The second-order valence-electron chi connectivity index (χ2n) is 3.50. The van der Waals surface area contributed by atoms with Crippen LogP contribution in [0.2, 0.25) is 0 Å². The van der Waals surface area contributed by atoms with E-state index in [0.29, 0.717) is 0 Å². The van der Waals surface area contributed by atoms with Gasteiger partial charge in [0.15, 0.2) is 0 Å². The third-order valence-electron chi connectivity index (χ3n) is 2.40. The van der Waals surface area contributed by atoms with Gasteiger partial charge in [-0.25, -0.2) is 0 Å². The lowest BCUT2D eigenvalue weighted by Crippen LogP contribution is -2.42. The van der Waals surface area contributed by atoms with Gasteiger partial charge in [-0.3, -0.25) is 4.79 Å². The molecule has 4 N–H and O–H groups in total. The number of carbonyl (C=O) groups is 1. The van der Waals surface area contributed by atoms with Crippen LogP contribution in [0.25, 0.3) is 0 Å². The Morgan fingerprint density at radius 2 is 2.38 bits per heavy atom. The summed E-state index contributed by atoms with van der Waals surface area (Å²) in [4.78, 5) is 14.4. The summed E-state index contributed by atoms with van der Waals surface area (Å²) in [6, 6.07) is 3.90. The van der Waals surface area contributed by atoms with Gasteiger partial charge < -0.3 is 16.0 Å². The molecule has 13 heavy (non-hydrogen) atoms. The molecule has 1 amide bonds. The van der Waals surface area contributed by atoms with Gasteiger partial charge in [-0.15, -0.1) is 0 Å². The van der Waals surface area contributed by atoms with Gasteiger partial charge >= 0.3 is 0 Å². The number of aromatic amines is 1. The number of anilines is 1. The van der Waals surface area contributed by atoms with E-state index >= 15 is 0 Å². The van der Waals surface area contributed by atoms with Crippen molar-refractivity contribution >= 4 is 11.7 Å². The third-order valence-corrected chi connectivity index (χ3v) is 2.40. The molecule has 0 aliphatic heterocycles. The number of nitrogens with two attached hydrogens (primary N) is 1. The fourth-order valence-electron chi connectivity index (χ4n) is 1.52. The second kappa shape index (κ2) is 3.22. The van der Waals surface area contributed by atoms with E-state index in [-0.39, 0.29) is 17.9 Å². The van der Waals surface area contributed by atoms with Crippen LogP contribution in [0.1, 0.15) is 12.8 Å². The van der Waals surface area contributed by atoms with E-state index in [0.717, 1.165) is 18.7 Å². The normalized spacial score (nSPS) is 26.5. The second-order valence-corrected chi connectivity index (χ2v) is 3.50. The average Bonchev–Trinajstić information content (AvgIpc) is 2.51. The van der Waals surface area contributed by atoms with Crippen molar-refractivity contribution in [2.24, 2.45) is 11.7 Å². The maximum Gasteiger partial charge on any atom is 0.228 e. The van der Waals surface area contributed by atoms with E-state index in [9.17, 15) is 4.79 Å². The zero-order chi connectivity index (χ0) is 9.26. The van der Waals surface area contributed by atoms with Gasteiger partial charge in [-0.2, -0.15) is 0 Å². The number of amides is 1. The van der Waals surface area contributed by atoms with Gasteiger partial charge in [-0.1, -0.05) is 0 Å². The molecule has 1 heterocycles. The first-order valence-corrected chi connectivity index (χ1v) is 4.45. The molecule has 0 atom stereocenters. The molecule has 0 spiro atoms. The molecule has 1 aromatic rings. The summed E-state index contributed by atoms with van der Waals surface area (Å²) < 4.78 is 0. The fraction of sp³-hybridized carbons (Fsp3) is 0.444. The van der Waals surface area contributed by atoms with Crippen LogP contribution in [0.4, 0.5) is 5.82 Å². The van der Waals surface area contributed by atoms with Crippen LogP contribution < -0.4 is 11.1 Å². The van der Waals surface area contributed by atoms with Gasteiger partial charge in [0.2, 0.25) is 5.91 Å². The lowest BCUT2D eigenvalue weighted by molar-refractivity contribution is -0.122. The maximum atomic E-state index is 11.5. The first kappa shape index (κ1) is 8.31. The molecule has 0 saturated heterocycles. The summed E-state index contributed by atoms with van der Waals surface area (Å²) in [5, 5.41) is 2.79. The summed E-state index contributed by atoms with van der Waals surface area (Å²) in [5.74, 6) is 0.938. The molecule has 0 unspecified atom stereocenters. The lowest BCUT2D eigenvalue weighted by atomic mass is 9.80. The molecule has 1 aromatic heterocycles. The topological polar surface area (TPSA) is 70.9 Å². The van der Waals surface area contributed by atoms with Crippen LogP contribution in [-0.2, 0) is 4.79 Å². The molecule has 0 radical (unpaired) electrons. The largest absolute Gasteiger partial charge is 0.348 e. The van der Waals surface area contributed by atoms with E-state index in [1.807, 2.05) is 12.1 Å². The fourth-order valence-corrected chi connectivity index (χ4v) is 1.52. The van der Waals surface area contributed by atoms with Crippen molar-refractivity contribution in [3.8, 4) is 0 Å². The van der Waals surface area contributed by atoms with Gasteiger partial charge in [0.25, 0.3) is 0 Å². The molecule has 4 nitrogen and oxygen atoms in total. The minimum absolute atomic E-state index is 0.0733. The summed E-state index contributed by atoms with van der Waals surface area (Å²) in [6.07, 6.45) is 3.40. The van der Waals surface area contributed by atoms with Crippen molar-refractivity contribution in [2.75, 3.05) is 5.32 Å². The van der Waals surface area contributed by atoms with Gasteiger partial charge in [0, 0.05) is 18.2 Å². The van der Waals surface area contributed by atoms with Gasteiger partial charge in [-0.05, 0) is 25.0 Å². The highest BCUT2D eigenvalue weighted by Crippen LogP contribution is 2.26. The van der Waals surface area contributed by atoms with Gasteiger partial charge in [0.1, 0.15) is 5.82 Å². The Balaban J connectivity index is 1.86. The predicted molar refractivity (Wildman–Crippen MR) is 50.1 cm³/mol. The summed E-state index contributed by atoms with van der Waals surface area (Å²) in [6.45, 7) is 0. The number of carbonyl (C=O) groups excluding carboxylic acids is 1. The Morgan fingerprint density at radius 3 is 2.92 bits per heavy atom. The van der Waals surface area contributed by atoms with Crippen LogP contribution >= 0.6 is 0 Å². The molecule has 1 aliphatic rings. The molecular weight excluding hydrogens is 166 g/mol. The Kier molecular flexibility index (Phi) is 2.06. The highest BCUT2D eigenvalue weighted by atomic mass is 16.2. The molecule has 70 valence electrons. The highest BCUT2D eigenvalue weighted by molar-refractivity contribution is 5.92. The quantitative estimate of drug-likeness (QED) is 0.625. The van der Waals surface area contributed by atoms with Crippen molar-refractivity contribution < 1.29 is 4.79 Å². The van der Waals surface area contributed by atoms with Crippen LogP contribution in [0.5, 0.6) is 0 Å². The van der Waals surface area contributed by atoms with Crippen LogP contribution in [0.15, 0.2) is 18.3 Å². The van der Waals surface area contributed by atoms with Crippen molar-refractivity contribution in [2.45, 2.75) is 18.9 Å². The van der Waals surface area contributed by atoms with Crippen molar-refractivity contribution in [3.63, 3.8) is 0 Å². The van der Waals surface area contributed by atoms with Crippen molar-refractivity contribution in [3.05, 3.63) is 18.3 Å². The number of hydrogen-bond acceptors (Lipinski definition) is 2. The minimum Gasteiger partial charge on any atom is -0.348 e. The van der Waals surface area contributed by atoms with Crippen LogP contribution in [0, 0.1) is 5.92 Å². The van der Waals surface area contributed by atoms with Crippen LogP contribution in [-0.4, -0.2) is 16.9 Å². The Bertz CT molecular complexity index is 288. The number of hydrogen-bond donors (Lipinski definition) is 3. The Hall–Kier alpha value is -1.29. The smallest absolute Gasteiger partial charge is 0.228 e. The maximum absolute atomic E-state index is 11.5. The molecule has 0 aromatic carbocycles. The number of aromatic nitrogens is 1. The SMILES string of the molecule is NC1CC(C(=O)Nc2ccc[nH]2)C1. The number of rotatable bonds is 2. The molecule has 1 fully saturated rings. The van der Waals surface area contributed by atoms with Crippen molar-refractivity contribution in [1.29, 1.82) is 0 Å². The Morgan fingerprint density at radius 1 is 1.62 bits per heavy atom. The molecule has 4 heteroatoms.